The highest BCUT2D eigenvalue weighted by Gasteiger charge is 2.36. The lowest BCUT2D eigenvalue weighted by Gasteiger charge is -2.30. The van der Waals surface area contributed by atoms with Crippen LogP contribution >= 0.6 is 11.6 Å². The number of rotatable bonds is 1. The van der Waals surface area contributed by atoms with Gasteiger partial charge in [0.15, 0.2) is 0 Å². The lowest BCUT2D eigenvalue weighted by molar-refractivity contribution is -0.123. The molecule has 1 fully saturated rings. The molecule has 0 aromatic heterocycles. The molecule has 0 bridgehead atoms. The minimum absolute atomic E-state index is 0.0918. The second-order valence-corrected chi connectivity index (χ2v) is 5.83. The van der Waals surface area contributed by atoms with Crippen LogP contribution in [0.25, 0.3) is 0 Å². The van der Waals surface area contributed by atoms with Crippen LogP contribution in [0.15, 0.2) is 24.3 Å². The number of anilines is 1. The molecule has 1 aliphatic heterocycles. The van der Waals surface area contributed by atoms with Crippen molar-refractivity contribution in [1.29, 1.82) is 0 Å². The predicted octanol–water partition coefficient (Wildman–Crippen LogP) is 2.83. The molecule has 1 unspecified atom stereocenters. The molecule has 1 N–H and O–H groups in total. The first-order valence-corrected chi connectivity index (χ1v) is 6.63. The summed E-state index contributed by atoms with van der Waals surface area (Å²) in [6.45, 7) is 6.68. The first kappa shape index (κ1) is 13.4. The fourth-order valence-electron chi connectivity index (χ4n) is 2.40. The van der Waals surface area contributed by atoms with Crippen molar-refractivity contribution in [3.05, 3.63) is 29.3 Å². The van der Waals surface area contributed by atoms with Crippen LogP contribution in [0.3, 0.4) is 0 Å². The molecule has 1 amide bonds. The summed E-state index contributed by atoms with van der Waals surface area (Å²) in [6, 6.07) is 7.79. The summed E-state index contributed by atoms with van der Waals surface area (Å²) in [5.74, 6) is 0.0918. The number of nitrogens with one attached hydrogen (secondary N) is 1. The maximum Gasteiger partial charge on any atom is 0.246 e. The Bertz CT molecular complexity index is 459. The molecule has 1 aromatic carbocycles. The van der Waals surface area contributed by atoms with E-state index in [1.54, 1.807) is 0 Å². The van der Waals surface area contributed by atoms with Gasteiger partial charge in [0.25, 0.3) is 0 Å². The number of carbonyl (C=O) groups excluding carboxylic acids is 1. The van der Waals surface area contributed by atoms with Crippen LogP contribution in [0, 0.1) is 0 Å². The second kappa shape index (κ2) is 4.90. The number of carbonyl (C=O) groups is 1. The SMILES string of the molecule is CC1CCN(c2cccc(Cl)c2)C(=O)C(C)(C)N1. The molecule has 3 nitrogen and oxygen atoms in total. The lowest BCUT2D eigenvalue weighted by Crippen LogP contribution is -2.53. The van der Waals surface area contributed by atoms with Gasteiger partial charge < -0.3 is 10.2 Å². The highest BCUT2D eigenvalue weighted by atomic mass is 35.5. The van der Waals surface area contributed by atoms with Crippen LogP contribution in [0.2, 0.25) is 5.02 Å². The predicted molar refractivity (Wildman–Crippen MR) is 75.1 cm³/mol. The number of amides is 1. The number of benzene rings is 1. The van der Waals surface area contributed by atoms with E-state index in [0.717, 1.165) is 18.7 Å². The molecule has 1 aliphatic rings. The fourth-order valence-corrected chi connectivity index (χ4v) is 2.59. The summed E-state index contributed by atoms with van der Waals surface area (Å²) >= 11 is 6.00. The van der Waals surface area contributed by atoms with Crippen molar-refractivity contribution in [2.45, 2.75) is 38.8 Å². The van der Waals surface area contributed by atoms with Crippen molar-refractivity contribution in [3.63, 3.8) is 0 Å². The van der Waals surface area contributed by atoms with Gasteiger partial charge in [-0.15, -0.1) is 0 Å². The van der Waals surface area contributed by atoms with E-state index in [2.05, 4.69) is 12.2 Å². The molecule has 0 radical (unpaired) electrons. The Hall–Kier alpha value is -1.06. The van der Waals surface area contributed by atoms with Gasteiger partial charge in [-0.25, -0.2) is 0 Å². The van der Waals surface area contributed by atoms with Crippen LogP contribution in [0.4, 0.5) is 5.69 Å². The molecule has 1 atom stereocenters. The highest BCUT2D eigenvalue weighted by Crippen LogP contribution is 2.25. The Morgan fingerprint density at radius 3 is 2.83 bits per heavy atom. The lowest BCUT2D eigenvalue weighted by atomic mass is 10.0. The Balaban J connectivity index is 2.34. The zero-order chi connectivity index (χ0) is 13.3. The molecule has 18 heavy (non-hydrogen) atoms. The van der Waals surface area contributed by atoms with Crippen LogP contribution in [0.5, 0.6) is 0 Å². The summed E-state index contributed by atoms with van der Waals surface area (Å²) < 4.78 is 0. The zero-order valence-corrected chi connectivity index (χ0v) is 11.8. The number of hydrogen-bond acceptors (Lipinski definition) is 2. The summed E-state index contributed by atoms with van der Waals surface area (Å²) in [4.78, 5) is 14.4. The van der Waals surface area contributed by atoms with Crippen molar-refractivity contribution >= 4 is 23.2 Å². The maximum absolute atomic E-state index is 12.5. The van der Waals surface area contributed by atoms with Gasteiger partial charge in [-0.05, 0) is 45.4 Å². The van der Waals surface area contributed by atoms with Gasteiger partial charge in [-0.2, -0.15) is 0 Å². The molecule has 0 aliphatic carbocycles. The number of halogens is 1. The van der Waals surface area contributed by atoms with E-state index in [1.165, 1.54) is 0 Å². The van der Waals surface area contributed by atoms with E-state index in [1.807, 2.05) is 43.0 Å². The molecule has 1 heterocycles. The standard InChI is InChI=1S/C14H19ClN2O/c1-10-7-8-17(13(18)14(2,3)16-10)12-6-4-5-11(15)9-12/h4-6,9-10,16H,7-8H2,1-3H3. The summed E-state index contributed by atoms with van der Waals surface area (Å²) in [6.07, 6.45) is 0.932. The first-order chi connectivity index (χ1) is 8.40. The Kier molecular flexibility index (Phi) is 3.64. The Morgan fingerprint density at radius 1 is 1.44 bits per heavy atom. The van der Waals surface area contributed by atoms with E-state index in [-0.39, 0.29) is 5.91 Å². The molecule has 1 aromatic rings. The molecule has 0 spiro atoms. The maximum atomic E-state index is 12.5. The van der Waals surface area contributed by atoms with Crippen LogP contribution in [0.1, 0.15) is 27.2 Å². The van der Waals surface area contributed by atoms with Crippen molar-refractivity contribution in [1.82, 2.24) is 5.32 Å². The van der Waals surface area contributed by atoms with Gasteiger partial charge in [-0.3, -0.25) is 4.79 Å². The van der Waals surface area contributed by atoms with Crippen molar-refractivity contribution in [2.24, 2.45) is 0 Å². The quantitative estimate of drug-likeness (QED) is 0.848. The summed E-state index contributed by atoms with van der Waals surface area (Å²) in [5.41, 5.74) is 0.328. The first-order valence-electron chi connectivity index (χ1n) is 6.25. The van der Waals surface area contributed by atoms with E-state index < -0.39 is 5.54 Å². The topological polar surface area (TPSA) is 32.3 Å². The molecule has 1 saturated heterocycles. The van der Waals surface area contributed by atoms with Crippen molar-refractivity contribution in [2.75, 3.05) is 11.4 Å². The average molecular weight is 267 g/mol. The molecular formula is C14H19ClN2O. The molecular weight excluding hydrogens is 248 g/mol. The molecule has 2 rings (SSSR count). The number of nitrogens with zero attached hydrogens (tertiary/aromatic N) is 1. The monoisotopic (exact) mass is 266 g/mol. The molecule has 0 saturated carbocycles. The number of hydrogen-bond donors (Lipinski definition) is 1. The minimum atomic E-state index is -0.543. The third kappa shape index (κ3) is 2.68. The Labute approximate surface area is 113 Å². The van der Waals surface area contributed by atoms with E-state index in [9.17, 15) is 4.79 Å². The van der Waals surface area contributed by atoms with Crippen LogP contribution < -0.4 is 10.2 Å². The van der Waals surface area contributed by atoms with Gasteiger partial charge >= 0.3 is 0 Å². The third-order valence-corrected chi connectivity index (χ3v) is 3.53. The smallest absolute Gasteiger partial charge is 0.246 e. The van der Waals surface area contributed by atoms with Gasteiger partial charge in [0.2, 0.25) is 5.91 Å². The van der Waals surface area contributed by atoms with Crippen LogP contribution in [-0.2, 0) is 4.79 Å². The van der Waals surface area contributed by atoms with Gasteiger partial charge in [0.05, 0.1) is 5.54 Å². The largest absolute Gasteiger partial charge is 0.311 e. The average Bonchev–Trinajstić information content (AvgIpc) is 2.37. The van der Waals surface area contributed by atoms with Crippen molar-refractivity contribution in [3.8, 4) is 0 Å². The minimum Gasteiger partial charge on any atom is -0.311 e. The molecule has 98 valence electrons. The molecule has 4 heteroatoms. The highest BCUT2D eigenvalue weighted by molar-refractivity contribution is 6.30. The van der Waals surface area contributed by atoms with Crippen LogP contribution in [-0.4, -0.2) is 24.0 Å². The van der Waals surface area contributed by atoms with E-state index in [4.69, 9.17) is 11.6 Å². The van der Waals surface area contributed by atoms with Gasteiger partial charge in [0, 0.05) is 23.3 Å². The third-order valence-electron chi connectivity index (χ3n) is 3.29. The van der Waals surface area contributed by atoms with Crippen molar-refractivity contribution < 1.29 is 4.79 Å². The second-order valence-electron chi connectivity index (χ2n) is 5.40. The van der Waals surface area contributed by atoms with Gasteiger partial charge in [0.1, 0.15) is 0 Å². The normalized spacial score (nSPS) is 23.9. The Morgan fingerprint density at radius 2 is 2.17 bits per heavy atom. The fraction of sp³-hybridized carbons (Fsp3) is 0.500. The summed E-state index contributed by atoms with van der Waals surface area (Å²) in [7, 11) is 0. The summed E-state index contributed by atoms with van der Waals surface area (Å²) in [5, 5.41) is 4.01. The van der Waals surface area contributed by atoms with E-state index >= 15 is 0 Å². The van der Waals surface area contributed by atoms with E-state index in [0.29, 0.717) is 11.1 Å². The zero-order valence-electron chi connectivity index (χ0n) is 11.0. The van der Waals surface area contributed by atoms with Gasteiger partial charge in [-0.1, -0.05) is 17.7 Å².